The van der Waals surface area contributed by atoms with Gasteiger partial charge >= 0.3 is 12.0 Å². The summed E-state index contributed by atoms with van der Waals surface area (Å²) in [6.07, 6.45) is 2.80. The number of rotatable bonds is 4. The summed E-state index contributed by atoms with van der Waals surface area (Å²) >= 11 is 0. The second-order valence-electron chi connectivity index (χ2n) is 3.67. The average molecular weight is 273 g/mol. The first-order valence-electron chi connectivity index (χ1n) is 5.59. The van der Waals surface area contributed by atoms with Crippen molar-refractivity contribution in [2.45, 2.75) is 0 Å². The van der Waals surface area contributed by atoms with Crippen molar-refractivity contribution in [3.05, 3.63) is 54.0 Å². The van der Waals surface area contributed by atoms with E-state index >= 15 is 0 Å². The van der Waals surface area contributed by atoms with Gasteiger partial charge in [0.2, 0.25) is 5.76 Å². The number of carbonyl (C=O) groups excluding carboxylic acids is 2. The number of hydrogen-bond acceptors (Lipinski definition) is 5. The molecule has 102 valence electrons. The van der Waals surface area contributed by atoms with Crippen molar-refractivity contribution in [3.8, 4) is 5.75 Å². The molecule has 0 radical (unpaired) electrons. The summed E-state index contributed by atoms with van der Waals surface area (Å²) in [5, 5.41) is 3.60. The summed E-state index contributed by atoms with van der Waals surface area (Å²) in [6.45, 7) is 0. The molecule has 0 aliphatic carbocycles. The SMILES string of the molecule is NC(=O)N/N=C/c1ccc(OC(=O)c2ccco2)cc1. The Labute approximate surface area is 114 Å². The quantitative estimate of drug-likeness (QED) is 0.381. The molecule has 3 N–H and O–H groups in total. The molecule has 1 heterocycles. The maximum Gasteiger partial charge on any atom is 0.379 e. The zero-order chi connectivity index (χ0) is 14.4. The zero-order valence-electron chi connectivity index (χ0n) is 10.3. The third kappa shape index (κ3) is 3.70. The molecule has 0 saturated carbocycles. The van der Waals surface area contributed by atoms with Crippen LogP contribution in [-0.4, -0.2) is 18.2 Å². The molecule has 7 heteroatoms. The van der Waals surface area contributed by atoms with Crippen molar-refractivity contribution in [1.29, 1.82) is 0 Å². The van der Waals surface area contributed by atoms with Gasteiger partial charge in [-0.15, -0.1) is 0 Å². The summed E-state index contributed by atoms with van der Waals surface area (Å²) in [7, 11) is 0. The van der Waals surface area contributed by atoms with E-state index in [1.54, 1.807) is 30.3 Å². The van der Waals surface area contributed by atoms with E-state index in [0.29, 0.717) is 11.3 Å². The number of amides is 2. The highest BCUT2D eigenvalue weighted by atomic mass is 16.5. The maximum atomic E-state index is 11.6. The van der Waals surface area contributed by atoms with Gasteiger partial charge in [-0.1, -0.05) is 0 Å². The predicted octanol–water partition coefficient (Wildman–Crippen LogP) is 1.50. The second-order valence-corrected chi connectivity index (χ2v) is 3.67. The summed E-state index contributed by atoms with van der Waals surface area (Å²) in [6, 6.07) is 8.87. The summed E-state index contributed by atoms with van der Waals surface area (Å²) < 4.78 is 10.0. The van der Waals surface area contributed by atoms with Gasteiger partial charge in [-0.3, -0.25) is 0 Å². The molecule has 0 fully saturated rings. The summed E-state index contributed by atoms with van der Waals surface area (Å²) in [5.74, 6) is -0.0838. The van der Waals surface area contributed by atoms with Crippen molar-refractivity contribution in [2.24, 2.45) is 10.8 Å². The lowest BCUT2D eigenvalue weighted by Crippen LogP contribution is -2.24. The van der Waals surface area contributed by atoms with Crippen LogP contribution in [0.3, 0.4) is 0 Å². The van der Waals surface area contributed by atoms with Crippen molar-refractivity contribution in [3.63, 3.8) is 0 Å². The van der Waals surface area contributed by atoms with Crippen LogP contribution >= 0.6 is 0 Å². The van der Waals surface area contributed by atoms with Crippen LogP contribution in [0.5, 0.6) is 5.75 Å². The van der Waals surface area contributed by atoms with E-state index in [4.69, 9.17) is 14.9 Å². The number of carbonyl (C=O) groups is 2. The molecule has 2 aromatic rings. The predicted molar refractivity (Wildman–Crippen MR) is 70.4 cm³/mol. The van der Waals surface area contributed by atoms with Crippen molar-refractivity contribution in [1.82, 2.24) is 5.43 Å². The minimum absolute atomic E-state index is 0.126. The molecule has 0 atom stereocenters. The van der Waals surface area contributed by atoms with Gasteiger partial charge in [-0.25, -0.2) is 15.0 Å². The Bertz CT molecular complexity index is 618. The zero-order valence-corrected chi connectivity index (χ0v) is 10.3. The Balaban J connectivity index is 1.96. The van der Waals surface area contributed by atoms with E-state index in [2.05, 4.69) is 10.5 Å². The molecule has 2 rings (SSSR count). The molecule has 0 saturated heterocycles. The maximum absolute atomic E-state index is 11.6. The molecular formula is C13H11N3O4. The van der Waals surface area contributed by atoms with Crippen LogP contribution in [0, 0.1) is 0 Å². The summed E-state index contributed by atoms with van der Waals surface area (Å²) in [4.78, 5) is 22.0. The molecule has 2 amide bonds. The molecule has 0 bridgehead atoms. The van der Waals surface area contributed by atoms with Crippen molar-refractivity contribution < 1.29 is 18.7 Å². The van der Waals surface area contributed by atoms with Crippen LogP contribution in [0.1, 0.15) is 16.1 Å². The Morgan fingerprint density at radius 3 is 2.60 bits per heavy atom. The Morgan fingerprint density at radius 2 is 2.00 bits per heavy atom. The third-order valence-electron chi connectivity index (χ3n) is 2.20. The lowest BCUT2D eigenvalue weighted by molar-refractivity contribution is 0.0701. The standard InChI is InChI=1S/C13H11N3O4/c14-13(18)16-15-8-9-3-5-10(6-4-9)20-12(17)11-2-1-7-19-11/h1-8H,(H3,14,16,18)/b15-8+. The monoisotopic (exact) mass is 273 g/mol. The van der Waals surface area contributed by atoms with Crippen LogP contribution in [0.25, 0.3) is 0 Å². The van der Waals surface area contributed by atoms with Crippen LogP contribution in [0.4, 0.5) is 4.79 Å². The van der Waals surface area contributed by atoms with Gasteiger partial charge in [-0.2, -0.15) is 5.10 Å². The number of primary amides is 1. The first kappa shape index (κ1) is 13.3. The Kier molecular flexibility index (Phi) is 4.13. The number of benzene rings is 1. The minimum Gasteiger partial charge on any atom is -0.457 e. The molecule has 0 aliphatic rings. The van der Waals surface area contributed by atoms with Gasteiger partial charge in [0.05, 0.1) is 12.5 Å². The number of hydrogen-bond donors (Lipinski definition) is 2. The molecule has 0 aliphatic heterocycles. The van der Waals surface area contributed by atoms with E-state index in [1.807, 2.05) is 0 Å². The summed E-state index contributed by atoms with van der Waals surface area (Å²) in [5.41, 5.74) is 7.63. The van der Waals surface area contributed by atoms with Gasteiger partial charge in [0, 0.05) is 0 Å². The number of furan rings is 1. The molecule has 1 aromatic heterocycles. The average Bonchev–Trinajstić information content (AvgIpc) is 2.94. The highest BCUT2D eigenvalue weighted by molar-refractivity contribution is 5.88. The number of hydrazone groups is 1. The smallest absolute Gasteiger partial charge is 0.379 e. The number of nitrogens with two attached hydrogens (primary N) is 1. The molecule has 20 heavy (non-hydrogen) atoms. The van der Waals surface area contributed by atoms with E-state index in [-0.39, 0.29) is 5.76 Å². The fraction of sp³-hybridized carbons (Fsp3) is 0. The normalized spacial score (nSPS) is 10.4. The number of nitrogens with zero attached hydrogens (tertiary/aromatic N) is 1. The van der Waals surface area contributed by atoms with Gasteiger partial charge in [-0.05, 0) is 42.0 Å². The number of nitrogens with one attached hydrogen (secondary N) is 1. The molecule has 1 aromatic carbocycles. The van der Waals surface area contributed by atoms with Crippen LogP contribution in [-0.2, 0) is 0 Å². The Morgan fingerprint density at radius 1 is 1.25 bits per heavy atom. The fourth-order valence-corrected chi connectivity index (χ4v) is 1.34. The topological polar surface area (TPSA) is 107 Å². The molecule has 0 unspecified atom stereocenters. The van der Waals surface area contributed by atoms with Gasteiger partial charge in [0.25, 0.3) is 0 Å². The second kappa shape index (κ2) is 6.19. The third-order valence-corrected chi connectivity index (χ3v) is 2.20. The van der Waals surface area contributed by atoms with Crippen molar-refractivity contribution >= 4 is 18.2 Å². The number of urea groups is 1. The first-order chi connectivity index (χ1) is 9.65. The highest BCUT2D eigenvalue weighted by Crippen LogP contribution is 2.13. The molecular weight excluding hydrogens is 262 g/mol. The highest BCUT2D eigenvalue weighted by Gasteiger charge is 2.10. The van der Waals surface area contributed by atoms with E-state index in [0.717, 1.165) is 0 Å². The molecule has 7 nitrogen and oxygen atoms in total. The fourth-order valence-electron chi connectivity index (χ4n) is 1.34. The van der Waals surface area contributed by atoms with E-state index in [1.165, 1.54) is 18.5 Å². The van der Waals surface area contributed by atoms with E-state index < -0.39 is 12.0 Å². The minimum atomic E-state index is -0.745. The Hall–Kier alpha value is -3.09. The van der Waals surface area contributed by atoms with Gasteiger partial charge < -0.3 is 14.9 Å². The van der Waals surface area contributed by atoms with Gasteiger partial charge in [0.15, 0.2) is 0 Å². The van der Waals surface area contributed by atoms with Gasteiger partial charge in [0.1, 0.15) is 5.75 Å². The van der Waals surface area contributed by atoms with Crippen LogP contribution in [0.15, 0.2) is 52.2 Å². The lowest BCUT2D eigenvalue weighted by atomic mass is 10.2. The lowest BCUT2D eigenvalue weighted by Gasteiger charge is -2.02. The molecule has 0 spiro atoms. The van der Waals surface area contributed by atoms with Crippen LogP contribution < -0.4 is 15.9 Å². The van der Waals surface area contributed by atoms with Crippen LogP contribution in [0.2, 0.25) is 0 Å². The first-order valence-corrected chi connectivity index (χ1v) is 5.59. The van der Waals surface area contributed by atoms with E-state index in [9.17, 15) is 9.59 Å². The number of ether oxygens (including phenoxy) is 1. The van der Waals surface area contributed by atoms with Crippen molar-refractivity contribution in [2.75, 3.05) is 0 Å². The largest absolute Gasteiger partial charge is 0.457 e. The number of esters is 1.